The summed E-state index contributed by atoms with van der Waals surface area (Å²) in [6.07, 6.45) is 2.07. The molecule has 1 heterocycles. The first-order valence-corrected chi connectivity index (χ1v) is 10.4. The number of nitrogens with one attached hydrogen (secondary N) is 1. The Hall–Kier alpha value is -0.950. The summed E-state index contributed by atoms with van der Waals surface area (Å²) in [5, 5.41) is 0. The van der Waals surface area contributed by atoms with Gasteiger partial charge in [0, 0.05) is 38.1 Å². The van der Waals surface area contributed by atoms with E-state index < -0.39 is 10.2 Å². The van der Waals surface area contributed by atoms with Crippen molar-refractivity contribution in [1.82, 2.24) is 13.9 Å². The monoisotopic (exact) mass is 351 g/mol. The zero-order valence-corrected chi connectivity index (χ0v) is 15.5. The fraction of sp³-hybridized carbons (Fsp3) is 0.667. The molecule has 1 aromatic rings. The summed E-state index contributed by atoms with van der Waals surface area (Å²) in [5.41, 5.74) is 1.23. The summed E-state index contributed by atoms with van der Waals surface area (Å²) in [7, 11) is -3.36. The highest BCUT2D eigenvalue weighted by Crippen LogP contribution is 2.41. The van der Waals surface area contributed by atoms with Gasteiger partial charge in [0.15, 0.2) is 0 Å². The second kappa shape index (κ2) is 7.52. The van der Waals surface area contributed by atoms with E-state index in [1.54, 1.807) is 4.31 Å². The number of piperazine rings is 1. The summed E-state index contributed by atoms with van der Waals surface area (Å²) in [5.74, 6) is 1.02. The van der Waals surface area contributed by atoms with E-state index in [1.807, 2.05) is 18.2 Å². The standard InChI is InChI=1S/C18H29N3O2S/c1-15(2)8-9-20-10-12-21(13-11-20)24(22,23)19-18-14-17(18)16-6-4-3-5-7-16/h3-7,15,17-19H,8-14H2,1-2H3/t17-,18+/m1/s1. The smallest absolute Gasteiger partial charge is 0.279 e. The zero-order valence-electron chi connectivity index (χ0n) is 14.7. The Kier molecular flexibility index (Phi) is 5.59. The van der Waals surface area contributed by atoms with E-state index in [2.05, 4.69) is 35.6 Å². The first-order valence-electron chi connectivity index (χ1n) is 9.00. The molecular formula is C18H29N3O2S. The number of hydrogen-bond donors (Lipinski definition) is 1. The molecule has 0 unspecified atom stereocenters. The van der Waals surface area contributed by atoms with Gasteiger partial charge in [0.25, 0.3) is 10.2 Å². The van der Waals surface area contributed by atoms with Gasteiger partial charge < -0.3 is 4.90 Å². The van der Waals surface area contributed by atoms with Crippen LogP contribution in [0.15, 0.2) is 30.3 Å². The SMILES string of the molecule is CC(C)CCN1CCN(S(=O)(=O)N[C@H]2C[C@@H]2c2ccccc2)CC1. The van der Waals surface area contributed by atoms with Gasteiger partial charge in [-0.1, -0.05) is 44.2 Å². The first kappa shape index (κ1) is 17.9. The van der Waals surface area contributed by atoms with Crippen LogP contribution in [-0.2, 0) is 10.2 Å². The minimum absolute atomic E-state index is 0.0522. The van der Waals surface area contributed by atoms with Crippen LogP contribution >= 0.6 is 0 Å². The van der Waals surface area contributed by atoms with Crippen LogP contribution in [0.1, 0.15) is 38.2 Å². The van der Waals surface area contributed by atoms with Gasteiger partial charge in [-0.2, -0.15) is 17.4 Å². The van der Waals surface area contributed by atoms with Crippen molar-refractivity contribution in [1.29, 1.82) is 0 Å². The first-order chi connectivity index (χ1) is 11.5. The van der Waals surface area contributed by atoms with Crippen LogP contribution in [0, 0.1) is 5.92 Å². The summed E-state index contributed by atoms with van der Waals surface area (Å²) in [6.45, 7) is 8.37. The highest BCUT2D eigenvalue weighted by atomic mass is 32.2. The van der Waals surface area contributed by atoms with Crippen molar-refractivity contribution in [3.63, 3.8) is 0 Å². The highest BCUT2D eigenvalue weighted by molar-refractivity contribution is 7.87. The van der Waals surface area contributed by atoms with Gasteiger partial charge in [0.05, 0.1) is 0 Å². The molecule has 5 nitrogen and oxygen atoms in total. The molecule has 0 radical (unpaired) electrons. The maximum absolute atomic E-state index is 12.6. The molecule has 1 aliphatic carbocycles. The Morgan fingerprint density at radius 3 is 2.42 bits per heavy atom. The lowest BCUT2D eigenvalue weighted by Gasteiger charge is -2.34. The van der Waals surface area contributed by atoms with E-state index in [4.69, 9.17) is 0 Å². The van der Waals surface area contributed by atoms with Crippen molar-refractivity contribution >= 4 is 10.2 Å². The van der Waals surface area contributed by atoms with Crippen LogP contribution in [-0.4, -0.2) is 56.4 Å². The molecule has 0 amide bonds. The number of benzene rings is 1. The molecule has 1 saturated carbocycles. The Labute approximate surface area is 146 Å². The molecule has 0 aromatic heterocycles. The number of nitrogens with zero attached hydrogens (tertiary/aromatic N) is 2. The van der Waals surface area contributed by atoms with Gasteiger partial charge >= 0.3 is 0 Å². The molecule has 2 aliphatic rings. The molecule has 2 atom stereocenters. The Balaban J connectivity index is 1.47. The predicted octanol–water partition coefficient (Wildman–Crippen LogP) is 2.04. The lowest BCUT2D eigenvalue weighted by Crippen LogP contribution is -2.52. The lowest BCUT2D eigenvalue weighted by atomic mass is 10.1. The minimum atomic E-state index is -3.36. The van der Waals surface area contributed by atoms with Crippen molar-refractivity contribution in [3.8, 4) is 0 Å². The van der Waals surface area contributed by atoms with Crippen molar-refractivity contribution < 1.29 is 8.42 Å². The molecule has 1 saturated heterocycles. The van der Waals surface area contributed by atoms with Crippen LogP contribution in [0.25, 0.3) is 0 Å². The molecule has 2 fully saturated rings. The van der Waals surface area contributed by atoms with E-state index in [0.29, 0.717) is 24.9 Å². The average molecular weight is 352 g/mol. The van der Waals surface area contributed by atoms with Crippen molar-refractivity contribution in [2.24, 2.45) is 5.92 Å². The molecule has 1 N–H and O–H groups in total. The van der Waals surface area contributed by atoms with Crippen LogP contribution in [0.3, 0.4) is 0 Å². The molecule has 1 aliphatic heterocycles. The average Bonchev–Trinajstić information content (AvgIpc) is 3.32. The van der Waals surface area contributed by atoms with E-state index in [-0.39, 0.29) is 6.04 Å². The highest BCUT2D eigenvalue weighted by Gasteiger charge is 2.42. The molecule has 134 valence electrons. The summed E-state index contributed by atoms with van der Waals surface area (Å²) >= 11 is 0. The second-order valence-electron chi connectivity index (χ2n) is 7.41. The van der Waals surface area contributed by atoms with Gasteiger partial charge in [-0.25, -0.2) is 0 Å². The summed E-state index contributed by atoms with van der Waals surface area (Å²) in [4.78, 5) is 2.37. The van der Waals surface area contributed by atoms with Gasteiger partial charge in [-0.15, -0.1) is 0 Å². The maximum Gasteiger partial charge on any atom is 0.279 e. The van der Waals surface area contributed by atoms with Crippen molar-refractivity contribution in [2.45, 2.75) is 38.6 Å². The molecule has 24 heavy (non-hydrogen) atoms. The van der Waals surface area contributed by atoms with Crippen molar-refractivity contribution in [3.05, 3.63) is 35.9 Å². The van der Waals surface area contributed by atoms with E-state index >= 15 is 0 Å². The molecular weight excluding hydrogens is 322 g/mol. The van der Waals surface area contributed by atoms with E-state index in [0.717, 1.165) is 26.1 Å². The fourth-order valence-electron chi connectivity index (χ4n) is 3.29. The third-order valence-electron chi connectivity index (χ3n) is 5.01. The van der Waals surface area contributed by atoms with Crippen LogP contribution < -0.4 is 4.72 Å². The van der Waals surface area contributed by atoms with Gasteiger partial charge in [0.1, 0.15) is 0 Å². The zero-order chi connectivity index (χ0) is 17.2. The van der Waals surface area contributed by atoms with Crippen molar-refractivity contribution in [2.75, 3.05) is 32.7 Å². The van der Waals surface area contributed by atoms with Gasteiger partial charge in [0.2, 0.25) is 0 Å². The Bertz CT molecular complexity index is 625. The molecule has 6 heteroatoms. The molecule has 3 rings (SSSR count). The normalized spacial score (nSPS) is 26.0. The third kappa shape index (κ3) is 4.57. The van der Waals surface area contributed by atoms with Crippen LogP contribution in [0.5, 0.6) is 0 Å². The van der Waals surface area contributed by atoms with Crippen LogP contribution in [0.4, 0.5) is 0 Å². The molecule has 0 spiro atoms. The molecule has 1 aromatic carbocycles. The van der Waals surface area contributed by atoms with Gasteiger partial charge in [-0.05, 0) is 30.9 Å². The molecule has 0 bridgehead atoms. The van der Waals surface area contributed by atoms with Gasteiger partial charge in [-0.3, -0.25) is 0 Å². The lowest BCUT2D eigenvalue weighted by molar-refractivity contribution is 0.179. The van der Waals surface area contributed by atoms with E-state index in [9.17, 15) is 8.42 Å². The Morgan fingerprint density at radius 1 is 1.12 bits per heavy atom. The third-order valence-corrected chi connectivity index (χ3v) is 6.66. The minimum Gasteiger partial charge on any atom is -0.301 e. The number of hydrogen-bond acceptors (Lipinski definition) is 3. The summed E-state index contributed by atoms with van der Waals surface area (Å²) < 4.78 is 29.7. The maximum atomic E-state index is 12.6. The van der Waals surface area contributed by atoms with E-state index in [1.165, 1.54) is 12.0 Å². The predicted molar refractivity (Wildman–Crippen MR) is 97.1 cm³/mol. The summed E-state index contributed by atoms with van der Waals surface area (Å²) in [6, 6.07) is 10.2. The topological polar surface area (TPSA) is 52.7 Å². The van der Waals surface area contributed by atoms with Crippen LogP contribution in [0.2, 0.25) is 0 Å². The largest absolute Gasteiger partial charge is 0.301 e. The number of rotatable bonds is 7. The second-order valence-corrected chi connectivity index (χ2v) is 9.11. The quantitative estimate of drug-likeness (QED) is 0.818. The Morgan fingerprint density at radius 2 is 1.79 bits per heavy atom. The fourth-order valence-corrected chi connectivity index (χ4v) is 4.73.